The number of hydrogen-bond donors (Lipinski definition) is 0. The first-order chi connectivity index (χ1) is 8.64. The Hall–Kier alpha value is -0.243. The molecule has 18 heavy (non-hydrogen) atoms. The fourth-order valence-corrected chi connectivity index (χ4v) is 4.82. The molecule has 0 heterocycles. The van der Waals surface area contributed by atoms with E-state index in [4.69, 9.17) is 4.43 Å². The minimum Gasteiger partial charge on any atom is -0.547 e. The summed E-state index contributed by atoms with van der Waals surface area (Å²) >= 11 is 0. The fourth-order valence-electron chi connectivity index (χ4n) is 2.62. The fraction of sp³-hybridized carbons (Fsp3) is 0.875. The zero-order valence-corrected chi connectivity index (χ0v) is 13.8. The Bertz CT molecular complexity index is 245. The summed E-state index contributed by atoms with van der Waals surface area (Å²) in [5.74, 6) is 1.32. The maximum atomic E-state index is 6.41. The molecular formula is C16H32OSi. The molecule has 0 N–H and O–H groups in total. The van der Waals surface area contributed by atoms with Gasteiger partial charge in [0.15, 0.2) is 0 Å². The lowest BCUT2D eigenvalue weighted by molar-refractivity contribution is 0.378. The van der Waals surface area contributed by atoms with Gasteiger partial charge >= 0.3 is 0 Å². The van der Waals surface area contributed by atoms with E-state index < -0.39 is 8.32 Å². The van der Waals surface area contributed by atoms with Gasteiger partial charge in [-0.05, 0) is 44.5 Å². The van der Waals surface area contributed by atoms with E-state index >= 15 is 0 Å². The lowest BCUT2D eigenvalue weighted by Gasteiger charge is -2.26. The van der Waals surface area contributed by atoms with Gasteiger partial charge in [0.05, 0.1) is 5.76 Å². The predicted molar refractivity (Wildman–Crippen MR) is 83.3 cm³/mol. The van der Waals surface area contributed by atoms with Gasteiger partial charge in [0.2, 0.25) is 8.32 Å². The van der Waals surface area contributed by atoms with Crippen LogP contribution in [0.1, 0.15) is 71.1 Å². The highest BCUT2D eigenvalue weighted by molar-refractivity contribution is 6.71. The monoisotopic (exact) mass is 268 g/mol. The topological polar surface area (TPSA) is 9.23 Å². The van der Waals surface area contributed by atoms with E-state index in [9.17, 15) is 0 Å². The molecule has 0 aromatic rings. The van der Waals surface area contributed by atoms with Crippen LogP contribution in [0.25, 0.3) is 0 Å². The Morgan fingerprint density at radius 3 is 2.44 bits per heavy atom. The van der Waals surface area contributed by atoms with Crippen LogP contribution in [-0.4, -0.2) is 8.32 Å². The minimum absolute atomic E-state index is 1.18. The summed E-state index contributed by atoms with van der Waals surface area (Å²) in [5.41, 5.74) is 0. The van der Waals surface area contributed by atoms with Crippen LogP contribution in [0.2, 0.25) is 19.1 Å². The van der Waals surface area contributed by atoms with E-state index in [0.29, 0.717) is 0 Å². The van der Waals surface area contributed by atoms with Crippen molar-refractivity contribution in [3.63, 3.8) is 0 Å². The summed E-state index contributed by atoms with van der Waals surface area (Å²) < 4.78 is 6.41. The van der Waals surface area contributed by atoms with Gasteiger partial charge in [-0.15, -0.1) is 0 Å². The van der Waals surface area contributed by atoms with Gasteiger partial charge in [0, 0.05) is 6.42 Å². The molecular weight excluding hydrogens is 236 g/mol. The third kappa shape index (κ3) is 7.25. The Morgan fingerprint density at radius 1 is 1.06 bits per heavy atom. The lowest BCUT2D eigenvalue weighted by Crippen LogP contribution is -2.29. The van der Waals surface area contributed by atoms with Gasteiger partial charge in [0.25, 0.3) is 0 Å². The van der Waals surface area contributed by atoms with Crippen LogP contribution in [0.4, 0.5) is 0 Å². The van der Waals surface area contributed by atoms with Crippen LogP contribution < -0.4 is 0 Å². The van der Waals surface area contributed by atoms with Crippen LogP contribution in [-0.2, 0) is 4.43 Å². The molecule has 0 spiro atoms. The molecule has 0 bridgehead atoms. The molecule has 1 aliphatic rings. The van der Waals surface area contributed by atoms with Crippen LogP contribution in [0.15, 0.2) is 11.8 Å². The van der Waals surface area contributed by atoms with Crippen molar-refractivity contribution in [2.24, 2.45) is 0 Å². The molecule has 0 saturated heterocycles. The van der Waals surface area contributed by atoms with Crippen molar-refractivity contribution in [3.05, 3.63) is 11.8 Å². The first kappa shape index (κ1) is 15.8. The summed E-state index contributed by atoms with van der Waals surface area (Å²) in [6.45, 7) is 7.03. The molecule has 0 aromatic heterocycles. The molecule has 2 heteroatoms. The van der Waals surface area contributed by atoms with E-state index in [1.54, 1.807) is 0 Å². The molecule has 0 aliphatic heterocycles. The number of hydrogen-bond acceptors (Lipinski definition) is 1. The molecule has 1 aliphatic carbocycles. The molecule has 0 fully saturated rings. The smallest absolute Gasteiger partial charge is 0.244 e. The van der Waals surface area contributed by atoms with Gasteiger partial charge in [-0.2, -0.15) is 0 Å². The second-order valence-electron chi connectivity index (χ2n) is 6.30. The Labute approximate surface area is 115 Å². The third-order valence-electron chi connectivity index (χ3n) is 3.79. The maximum absolute atomic E-state index is 6.41. The second kappa shape index (κ2) is 8.79. The van der Waals surface area contributed by atoms with Gasteiger partial charge in [-0.25, -0.2) is 0 Å². The molecule has 0 amide bonds. The average Bonchev–Trinajstić information content (AvgIpc) is 2.34. The Balaban J connectivity index is 2.46. The predicted octanol–water partition coefficient (Wildman–Crippen LogP) is 6.03. The number of allylic oxidation sites excluding steroid dienone is 2. The Morgan fingerprint density at radius 2 is 1.72 bits per heavy atom. The van der Waals surface area contributed by atoms with Crippen molar-refractivity contribution in [3.8, 4) is 0 Å². The summed E-state index contributed by atoms with van der Waals surface area (Å²) in [7, 11) is -1.45. The lowest BCUT2D eigenvalue weighted by atomic mass is 10.0. The molecule has 1 rings (SSSR count). The molecule has 1 nitrogen and oxygen atoms in total. The molecule has 0 saturated carbocycles. The molecule has 0 atom stereocenters. The zero-order chi connectivity index (χ0) is 13.3. The van der Waals surface area contributed by atoms with Crippen LogP contribution in [0.5, 0.6) is 0 Å². The van der Waals surface area contributed by atoms with Crippen LogP contribution >= 0.6 is 0 Å². The average molecular weight is 269 g/mol. The van der Waals surface area contributed by atoms with E-state index in [0.717, 1.165) is 0 Å². The summed E-state index contributed by atoms with van der Waals surface area (Å²) in [5, 5.41) is 0. The van der Waals surface area contributed by atoms with E-state index in [2.05, 4.69) is 26.1 Å². The highest BCUT2D eigenvalue weighted by Crippen LogP contribution is 2.24. The molecule has 0 aromatic carbocycles. The normalized spacial score (nSPS) is 19.2. The largest absolute Gasteiger partial charge is 0.547 e. The second-order valence-corrected chi connectivity index (χ2v) is 10.5. The first-order valence-corrected chi connectivity index (χ1v) is 11.1. The van der Waals surface area contributed by atoms with Crippen molar-refractivity contribution < 1.29 is 4.43 Å². The summed E-state index contributed by atoms with van der Waals surface area (Å²) in [6, 6.07) is 1.31. The van der Waals surface area contributed by atoms with Gasteiger partial charge < -0.3 is 4.43 Å². The van der Waals surface area contributed by atoms with Crippen molar-refractivity contribution >= 4 is 8.32 Å². The quantitative estimate of drug-likeness (QED) is 0.553. The Kier molecular flexibility index (Phi) is 7.72. The zero-order valence-electron chi connectivity index (χ0n) is 12.8. The van der Waals surface area contributed by atoms with Crippen molar-refractivity contribution in [1.82, 2.24) is 0 Å². The van der Waals surface area contributed by atoms with E-state index in [-0.39, 0.29) is 0 Å². The minimum atomic E-state index is -1.45. The summed E-state index contributed by atoms with van der Waals surface area (Å²) in [6.07, 6.45) is 15.7. The number of unbranched alkanes of at least 4 members (excludes halogenated alkanes) is 1. The molecule has 0 radical (unpaired) electrons. The third-order valence-corrected chi connectivity index (χ3v) is 6.16. The van der Waals surface area contributed by atoms with Crippen molar-refractivity contribution in [1.29, 1.82) is 0 Å². The number of rotatable bonds is 5. The first-order valence-electron chi connectivity index (χ1n) is 8.02. The van der Waals surface area contributed by atoms with E-state index in [1.807, 2.05) is 0 Å². The van der Waals surface area contributed by atoms with Crippen LogP contribution in [0.3, 0.4) is 0 Å². The van der Waals surface area contributed by atoms with Gasteiger partial charge in [-0.3, -0.25) is 0 Å². The van der Waals surface area contributed by atoms with Crippen molar-refractivity contribution in [2.45, 2.75) is 90.3 Å². The highest BCUT2D eigenvalue weighted by atomic mass is 28.4. The maximum Gasteiger partial charge on any atom is 0.244 e. The highest BCUT2D eigenvalue weighted by Gasteiger charge is 2.24. The molecule has 0 unspecified atom stereocenters. The molecule has 106 valence electrons. The summed E-state index contributed by atoms with van der Waals surface area (Å²) in [4.78, 5) is 0. The van der Waals surface area contributed by atoms with Gasteiger partial charge in [0.1, 0.15) is 0 Å². The SMILES string of the molecule is CCCC[Si](C)(C)OC1=CCCCCCCCC1. The standard InChI is InChI=1S/C16H32OSi/c1-4-5-15-18(2,3)17-16-13-11-9-7-6-8-10-12-14-16/h13H,4-12,14-15H2,1-3H3. The van der Waals surface area contributed by atoms with Gasteiger partial charge in [-0.1, -0.05) is 45.4 Å². The van der Waals surface area contributed by atoms with E-state index in [1.165, 1.54) is 76.0 Å². The van der Waals surface area contributed by atoms with Crippen molar-refractivity contribution in [2.75, 3.05) is 0 Å². The van der Waals surface area contributed by atoms with Crippen LogP contribution in [0, 0.1) is 0 Å².